The highest BCUT2D eigenvalue weighted by Gasteiger charge is 2.27. The van der Waals surface area contributed by atoms with E-state index < -0.39 is 26.5 Å². The van der Waals surface area contributed by atoms with E-state index in [4.69, 9.17) is 18.5 Å². The molecule has 0 amide bonds. The summed E-state index contributed by atoms with van der Waals surface area (Å²) in [6.07, 6.45) is 82.0. The van der Waals surface area contributed by atoms with Crippen LogP contribution in [0.4, 0.5) is 0 Å². The van der Waals surface area contributed by atoms with Gasteiger partial charge in [-0.15, -0.1) is 0 Å². The minimum atomic E-state index is -4.39. The third-order valence-electron chi connectivity index (χ3n) is 13.9. The van der Waals surface area contributed by atoms with Crippen LogP contribution in [0.3, 0.4) is 0 Å². The fraction of sp³-hybridized carbons (Fsp3) is 0.739. The van der Waals surface area contributed by atoms with E-state index in [2.05, 4.69) is 111 Å². The van der Waals surface area contributed by atoms with Gasteiger partial charge in [0.2, 0.25) is 0 Å². The first kappa shape index (κ1) is 75.9. The van der Waals surface area contributed by atoms with Crippen LogP contribution in [0.1, 0.15) is 277 Å². The third kappa shape index (κ3) is 64.0. The first-order chi connectivity index (χ1) is 38.5. The molecule has 0 spiro atoms. The number of rotatable bonds is 59. The Labute approximate surface area is 487 Å². The van der Waals surface area contributed by atoms with Gasteiger partial charge in [-0.3, -0.25) is 18.6 Å². The molecule has 0 fully saturated rings. The molecule has 1 N–H and O–H groups in total. The fourth-order valence-electron chi connectivity index (χ4n) is 8.92. The number of likely N-dealkylation sites (N-methyl/N-ethyl adjacent to an activating group) is 1. The van der Waals surface area contributed by atoms with E-state index in [1.807, 2.05) is 21.1 Å². The number of unbranched alkanes of at least 4 members (excludes halogenated alkanes) is 29. The van der Waals surface area contributed by atoms with Gasteiger partial charge < -0.3 is 18.9 Å². The van der Waals surface area contributed by atoms with Gasteiger partial charge in [-0.05, 0) is 77.0 Å². The van der Waals surface area contributed by atoms with Crippen molar-refractivity contribution in [3.05, 3.63) is 97.2 Å². The van der Waals surface area contributed by atoms with E-state index in [1.54, 1.807) is 0 Å². The number of phosphoric acid groups is 1. The van der Waals surface area contributed by atoms with E-state index in [9.17, 15) is 19.0 Å². The van der Waals surface area contributed by atoms with Crippen LogP contribution in [0.15, 0.2) is 97.2 Å². The third-order valence-corrected chi connectivity index (χ3v) is 14.9. The highest BCUT2D eigenvalue weighted by Crippen LogP contribution is 2.43. The molecule has 0 aromatic carbocycles. The van der Waals surface area contributed by atoms with Crippen LogP contribution >= 0.6 is 7.82 Å². The molecule has 9 nitrogen and oxygen atoms in total. The molecule has 0 bridgehead atoms. The van der Waals surface area contributed by atoms with Crippen LogP contribution in [0.2, 0.25) is 0 Å². The average molecular weight is 1130 g/mol. The lowest BCUT2D eigenvalue weighted by Crippen LogP contribution is -2.37. The second kappa shape index (κ2) is 59.5. The molecular weight excluding hydrogens is 1000 g/mol. The SMILES string of the molecule is CC/C=C\C/C=C\C/C=C\C/C=C\C/C=C\C/C=C\C/C=C\C/C=C\CCCCCCCCCCCCC(=O)OC(COC(=O)CCCCCCCCCCCCCCCCCCCCCC)COP(=O)(O)OCC[N+](C)(C)C. The number of carbonyl (C=O) groups is 2. The number of carbonyl (C=O) groups excluding carboxylic acids is 2. The van der Waals surface area contributed by atoms with Crippen molar-refractivity contribution in [3.63, 3.8) is 0 Å². The van der Waals surface area contributed by atoms with Gasteiger partial charge in [0.1, 0.15) is 19.8 Å². The predicted octanol–water partition coefficient (Wildman–Crippen LogP) is 20.8. The standard InChI is InChI=1S/C69H122NO8P/c1-6-8-10-12-14-16-18-20-22-24-26-28-29-30-31-32-33-34-35-36-37-38-39-40-41-42-44-46-48-50-52-54-56-58-60-62-69(72)78-67(66-77-79(73,74)76-64-63-70(3,4)5)65-75-68(71)61-59-57-55-53-51-49-47-45-43-27-25-23-21-19-17-15-13-11-9-7-2/h8,10,14,16,20,22,26,28,30-31,33-34,36-37,39-40,67H,6-7,9,11-13,15,17-19,21,23-25,27,29,32,35,38,41-66H2,1-5H3/p+1/b10-8-,16-14-,22-20-,28-26-,31-30-,34-33-,37-36-,40-39-. The van der Waals surface area contributed by atoms with Crippen molar-refractivity contribution >= 4 is 19.8 Å². The van der Waals surface area contributed by atoms with Crippen molar-refractivity contribution in [1.82, 2.24) is 0 Å². The van der Waals surface area contributed by atoms with Crippen molar-refractivity contribution in [2.45, 2.75) is 283 Å². The van der Waals surface area contributed by atoms with Gasteiger partial charge >= 0.3 is 19.8 Å². The molecule has 2 unspecified atom stereocenters. The summed E-state index contributed by atoms with van der Waals surface area (Å²) >= 11 is 0. The number of nitrogens with zero attached hydrogens (tertiary/aromatic N) is 1. The number of hydrogen-bond donors (Lipinski definition) is 1. The first-order valence-electron chi connectivity index (χ1n) is 32.5. The smallest absolute Gasteiger partial charge is 0.462 e. The van der Waals surface area contributed by atoms with E-state index in [1.165, 1.54) is 148 Å². The number of ether oxygens (including phenoxy) is 2. The van der Waals surface area contributed by atoms with Crippen molar-refractivity contribution in [1.29, 1.82) is 0 Å². The Bertz CT molecular complexity index is 1650. The minimum absolute atomic E-state index is 0.0286. The van der Waals surface area contributed by atoms with Gasteiger partial charge in [0.05, 0.1) is 27.7 Å². The number of allylic oxidation sites excluding steroid dienone is 16. The quantitative estimate of drug-likeness (QED) is 0.0211. The van der Waals surface area contributed by atoms with Crippen molar-refractivity contribution < 1.29 is 42.1 Å². The number of quaternary nitrogens is 1. The molecule has 0 radical (unpaired) electrons. The van der Waals surface area contributed by atoms with Gasteiger partial charge in [0.25, 0.3) is 0 Å². The second-order valence-electron chi connectivity index (χ2n) is 22.8. The highest BCUT2D eigenvalue weighted by molar-refractivity contribution is 7.47. The average Bonchev–Trinajstić information content (AvgIpc) is 3.41. The van der Waals surface area contributed by atoms with Crippen LogP contribution in [0.5, 0.6) is 0 Å². The summed E-state index contributed by atoms with van der Waals surface area (Å²) in [6.45, 7) is 4.34. The maximum absolute atomic E-state index is 12.9. The molecule has 0 saturated carbocycles. The molecule has 10 heteroatoms. The normalized spacial score (nSPS) is 13.8. The van der Waals surface area contributed by atoms with Gasteiger partial charge in [0, 0.05) is 12.8 Å². The summed E-state index contributed by atoms with van der Waals surface area (Å²) in [7, 11) is 1.47. The molecule has 0 rings (SSSR count). The first-order valence-corrected chi connectivity index (χ1v) is 34.0. The molecule has 79 heavy (non-hydrogen) atoms. The summed E-state index contributed by atoms with van der Waals surface area (Å²) < 4.78 is 34.7. The molecule has 0 saturated heterocycles. The molecule has 0 aliphatic rings. The van der Waals surface area contributed by atoms with E-state index >= 15 is 0 Å². The lowest BCUT2D eigenvalue weighted by atomic mass is 10.0. The second-order valence-corrected chi connectivity index (χ2v) is 24.2. The van der Waals surface area contributed by atoms with Crippen LogP contribution < -0.4 is 0 Å². The van der Waals surface area contributed by atoms with E-state index in [-0.39, 0.29) is 32.0 Å². The zero-order valence-electron chi connectivity index (χ0n) is 51.8. The monoisotopic (exact) mass is 1120 g/mol. The summed E-state index contributed by atoms with van der Waals surface area (Å²) in [5.74, 6) is -0.796. The van der Waals surface area contributed by atoms with Crippen molar-refractivity contribution in [3.8, 4) is 0 Å². The molecule has 2 atom stereocenters. The van der Waals surface area contributed by atoms with Crippen LogP contribution in [0, 0.1) is 0 Å². The van der Waals surface area contributed by atoms with Crippen LogP contribution in [0.25, 0.3) is 0 Å². The maximum atomic E-state index is 12.9. The molecular formula is C69H123NO8P+. The fourth-order valence-corrected chi connectivity index (χ4v) is 9.66. The Hall–Kier alpha value is -3.07. The van der Waals surface area contributed by atoms with Gasteiger partial charge in [-0.2, -0.15) is 0 Å². The lowest BCUT2D eigenvalue weighted by Gasteiger charge is -2.24. The van der Waals surface area contributed by atoms with Crippen LogP contribution in [-0.4, -0.2) is 74.9 Å². The summed E-state index contributed by atoms with van der Waals surface area (Å²) in [5, 5.41) is 0. The van der Waals surface area contributed by atoms with Crippen molar-refractivity contribution in [2.24, 2.45) is 0 Å². The maximum Gasteiger partial charge on any atom is 0.472 e. The Balaban J connectivity index is 4.11. The molecule has 0 aliphatic carbocycles. The van der Waals surface area contributed by atoms with Crippen molar-refractivity contribution in [2.75, 3.05) is 47.5 Å². The van der Waals surface area contributed by atoms with Gasteiger partial charge in [-0.25, -0.2) is 4.57 Å². The minimum Gasteiger partial charge on any atom is -0.462 e. The Morgan fingerprint density at radius 2 is 0.722 bits per heavy atom. The largest absolute Gasteiger partial charge is 0.472 e. The number of esters is 2. The van der Waals surface area contributed by atoms with E-state index in [0.29, 0.717) is 17.4 Å². The molecule has 0 heterocycles. The Morgan fingerprint density at radius 1 is 0.405 bits per heavy atom. The van der Waals surface area contributed by atoms with Gasteiger partial charge in [0.15, 0.2) is 6.10 Å². The summed E-state index contributed by atoms with van der Waals surface area (Å²) in [4.78, 5) is 35.8. The zero-order chi connectivity index (χ0) is 57.7. The number of phosphoric ester groups is 1. The molecule has 0 aromatic heterocycles. The zero-order valence-corrected chi connectivity index (χ0v) is 52.7. The van der Waals surface area contributed by atoms with E-state index in [0.717, 1.165) is 96.3 Å². The lowest BCUT2D eigenvalue weighted by molar-refractivity contribution is -0.870. The Morgan fingerprint density at radius 3 is 1.08 bits per heavy atom. The van der Waals surface area contributed by atoms with Gasteiger partial charge in [-0.1, -0.05) is 284 Å². The molecule has 0 aliphatic heterocycles. The predicted molar refractivity (Wildman–Crippen MR) is 339 cm³/mol. The topological polar surface area (TPSA) is 108 Å². The Kier molecular flexibility index (Phi) is 57.2. The summed E-state index contributed by atoms with van der Waals surface area (Å²) in [6, 6.07) is 0. The highest BCUT2D eigenvalue weighted by atomic mass is 31.2. The number of hydrogen-bond acceptors (Lipinski definition) is 7. The molecule has 456 valence electrons. The summed E-state index contributed by atoms with van der Waals surface area (Å²) in [5.41, 5.74) is 0. The molecule has 0 aromatic rings. The van der Waals surface area contributed by atoms with Crippen LogP contribution in [-0.2, 0) is 32.7 Å².